The molecule has 2 atom stereocenters. The highest BCUT2D eigenvalue weighted by Gasteiger charge is 2.28. The van der Waals surface area contributed by atoms with E-state index in [9.17, 15) is 4.79 Å². The van der Waals surface area contributed by atoms with E-state index in [-0.39, 0.29) is 18.0 Å². The zero-order chi connectivity index (χ0) is 18.4. The van der Waals surface area contributed by atoms with Gasteiger partial charge in [-0.15, -0.1) is 0 Å². The van der Waals surface area contributed by atoms with Crippen molar-refractivity contribution >= 4 is 29.2 Å². The highest BCUT2D eigenvalue weighted by molar-refractivity contribution is 7.78. The molecule has 1 fully saturated rings. The number of hydrogen-bond acceptors (Lipinski definition) is 3. The van der Waals surface area contributed by atoms with Crippen molar-refractivity contribution in [3.63, 3.8) is 0 Å². The van der Waals surface area contributed by atoms with E-state index in [4.69, 9.17) is 12.2 Å². The standard InChI is InChI=1S/C20H27N3OS/c1-5-23-12-6-7-19(23)20(24)22-16(4)18-10-8-17(9-11-18)14(2)15(3)21-13-25/h5,8-11,13,16,19H,1,6-7,12H2,2-4H3,(H,21,25)(H,22,24)/b15-14+. The van der Waals surface area contributed by atoms with E-state index in [1.54, 1.807) is 6.20 Å². The lowest BCUT2D eigenvalue weighted by Gasteiger charge is -2.24. The molecule has 0 radical (unpaired) electrons. The molecule has 0 bridgehead atoms. The monoisotopic (exact) mass is 357 g/mol. The first-order valence-corrected chi connectivity index (χ1v) is 9.11. The molecule has 134 valence electrons. The van der Waals surface area contributed by atoms with Gasteiger partial charge in [0.25, 0.3) is 0 Å². The summed E-state index contributed by atoms with van der Waals surface area (Å²) in [5.74, 6) is 0.0751. The zero-order valence-electron chi connectivity index (χ0n) is 15.2. The number of allylic oxidation sites excluding steroid dienone is 2. The lowest BCUT2D eigenvalue weighted by atomic mass is 10.0. The number of carbonyl (C=O) groups is 1. The number of benzene rings is 1. The molecular formula is C20H27N3OS. The second kappa shape index (κ2) is 8.81. The van der Waals surface area contributed by atoms with Crippen molar-refractivity contribution in [3.8, 4) is 0 Å². The molecular weight excluding hydrogens is 330 g/mol. The van der Waals surface area contributed by atoms with Gasteiger partial charge in [-0.1, -0.05) is 43.1 Å². The van der Waals surface area contributed by atoms with E-state index in [0.29, 0.717) is 0 Å². The number of nitrogens with one attached hydrogen (secondary N) is 2. The Bertz CT molecular complexity index is 666. The van der Waals surface area contributed by atoms with Crippen molar-refractivity contribution in [1.82, 2.24) is 15.5 Å². The van der Waals surface area contributed by atoms with Crippen LogP contribution in [0.1, 0.15) is 50.8 Å². The first kappa shape index (κ1) is 19.2. The number of amides is 1. The molecule has 2 unspecified atom stereocenters. The van der Waals surface area contributed by atoms with Crippen LogP contribution in [0, 0.1) is 0 Å². The van der Waals surface area contributed by atoms with Crippen LogP contribution in [0.5, 0.6) is 0 Å². The fourth-order valence-electron chi connectivity index (χ4n) is 3.12. The summed E-state index contributed by atoms with van der Waals surface area (Å²) in [5, 5.41) is 6.17. The van der Waals surface area contributed by atoms with E-state index in [1.807, 2.05) is 18.7 Å². The Morgan fingerprint density at radius 1 is 1.36 bits per heavy atom. The van der Waals surface area contributed by atoms with E-state index in [1.165, 1.54) is 5.49 Å². The Morgan fingerprint density at radius 3 is 2.64 bits per heavy atom. The summed E-state index contributed by atoms with van der Waals surface area (Å²) < 4.78 is 0. The second-order valence-electron chi connectivity index (χ2n) is 6.44. The van der Waals surface area contributed by atoms with Crippen LogP contribution in [0.2, 0.25) is 0 Å². The average molecular weight is 358 g/mol. The molecule has 25 heavy (non-hydrogen) atoms. The molecule has 1 saturated heterocycles. The molecule has 1 amide bonds. The lowest BCUT2D eigenvalue weighted by Crippen LogP contribution is -2.41. The van der Waals surface area contributed by atoms with Crippen LogP contribution in [0.15, 0.2) is 42.7 Å². The summed E-state index contributed by atoms with van der Waals surface area (Å²) in [6.07, 6.45) is 3.69. The number of thiocarbonyl (C=S) groups is 1. The minimum Gasteiger partial charge on any atom is -0.366 e. The van der Waals surface area contributed by atoms with Crippen LogP contribution in [0.25, 0.3) is 5.57 Å². The maximum atomic E-state index is 12.5. The molecule has 4 nitrogen and oxygen atoms in total. The van der Waals surface area contributed by atoms with Crippen LogP contribution >= 0.6 is 12.2 Å². The van der Waals surface area contributed by atoms with Gasteiger partial charge in [0, 0.05) is 12.2 Å². The lowest BCUT2D eigenvalue weighted by molar-refractivity contribution is -0.125. The van der Waals surface area contributed by atoms with Crippen LogP contribution in [-0.4, -0.2) is 28.9 Å². The average Bonchev–Trinajstić information content (AvgIpc) is 3.10. The summed E-state index contributed by atoms with van der Waals surface area (Å²) in [6.45, 7) is 10.8. The van der Waals surface area contributed by atoms with Crippen LogP contribution < -0.4 is 10.6 Å². The SMILES string of the molecule is C=CN1CCCC1C(=O)NC(C)c1ccc(/C(C)=C(\C)NC=S)cc1. The minimum absolute atomic E-state index is 0.0294. The normalized spacial score (nSPS) is 19.0. The van der Waals surface area contributed by atoms with Gasteiger partial charge in [0.1, 0.15) is 6.04 Å². The molecule has 1 aromatic carbocycles. The van der Waals surface area contributed by atoms with Crippen LogP contribution in [0.3, 0.4) is 0 Å². The quantitative estimate of drug-likeness (QED) is 0.729. The Balaban J connectivity index is 2.04. The third-order valence-corrected chi connectivity index (χ3v) is 4.99. The van der Waals surface area contributed by atoms with Gasteiger partial charge in [-0.2, -0.15) is 0 Å². The van der Waals surface area contributed by atoms with E-state index >= 15 is 0 Å². The van der Waals surface area contributed by atoms with Gasteiger partial charge in [-0.05, 0) is 56.5 Å². The van der Waals surface area contributed by atoms with Gasteiger partial charge >= 0.3 is 0 Å². The van der Waals surface area contributed by atoms with Crippen molar-refractivity contribution in [3.05, 3.63) is 53.9 Å². The van der Waals surface area contributed by atoms with Gasteiger partial charge < -0.3 is 15.5 Å². The smallest absolute Gasteiger partial charge is 0.243 e. The summed E-state index contributed by atoms with van der Waals surface area (Å²) >= 11 is 4.83. The molecule has 1 aliphatic rings. The molecule has 1 heterocycles. The summed E-state index contributed by atoms with van der Waals surface area (Å²) in [4.78, 5) is 14.5. The first-order valence-electron chi connectivity index (χ1n) is 8.64. The topological polar surface area (TPSA) is 44.4 Å². The maximum absolute atomic E-state index is 12.5. The Kier molecular flexibility index (Phi) is 6.76. The van der Waals surface area contributed by atoms with Gasteiger partial charge in [0.2, 0.25) is 5.91 Å². The van der Waals surface area contributed by atoms with Crippen molar-refractivity contribution in [1.29, 1.82) is 0 Å². The number of rotatable bonds is 7. The highest BCUT2D eigenvalue weighted by atomic mass is 32.1. The van der Waals surface area contributed by atoms with E-state index < -0.39 is 0 Å². The van der Waals surface area contributed by atoms with Gasteiger partial charge in [-0.3, -0.25) is 4.79 Å². The first-order chi connectivity index (χ1) is 12.0. The van der Waals surface area contributed by atoms with Crippen molar-refractivity contribution in [2.24, 2.45) is 0 Å². The maximum Gasteiger partial charge on any atom is 0.243 e. The molecule has 0 saturated carbocycles. The summed E-state index contributed by atoms with van der Waals surface area (Å²) in [5.41, 5.74) is 5.93. The molecule has 5 heteroatoms. The molecule has 1 aliphatic heterocycles. The largest absolute Gasteiger partial charge is 0.366 e. The molecule has 0 aliphatic carbocycles. The number of nitrogens with zero attached hydrogens (tertiary/aromatic N) is 1. The molecule has 2 rings (SSSR count). The van der Waals surface area contributed by atoms with E-state index in [2.05, 4.69) is 48.4 Å². The molecule has 0 spiro atoms. The predicted molar refractivity (Wildman–Crippen MR) is 108 cm³/mol. The van der Waals surface area contributed by atoms with Crippen molar-refractivity contribution < 1.29 is 4.79 Å². The molecule has 2 N–H and O–H groups in total. The second-order valence-corrected chi connectivity index (χ2v) is 6.68. The minimum atomic E-state index is -0.0900. The number of hydrogen-bond donors (Lipinski definition) is 2. The third-order valence-electron chi connectivity index (χ3n) is 4.87. The van der Waals surface area contributed by atoms with Gasteiger partial charge in [-0.25, -0.2) is 0 Å². The summed E-state index contributed by atoms with van der Waals surface area (Å²) in [6, 6.07) is 8.16. The fourth-order valence-corrected chi connectivity index (χ4v) is 3.29. The predicted octanol–water partition coefficient (Wildman–Crippen LogP) is 3.77. The fraction of sp³-hybridized carbons (Fsp3) is 0.400. The molecule has 0 aromatic heterocycles. The number of carbonyl (C=O) groups excluding carboxylic acids is 1. The highest BCUT2D eigenvalue weighted by Crippen LogP contribution is 2.22. The zero-order valence-corrected chi connectivity index (χ0v) is 16.0. The molecule has 1 aromatic rings. The van der Waals surface area contributed by atoms with Crippen LogP contribution in [0.4, 0.5) is 0 Å². The Hall–Kier alpha value is -2.14. The Morgan fingerprint density at radius 2 is 2.04 bits per heavy atom. The Labute approximate surface area is 156 Å². The van der Waals surface area contributed by atoms with Crippen LogP contribution in [-0.2, 0) is 4.79 Å². The van der Waals surface area contributed by atoms with Crippen molar-refractivity contribution in [2.45, 2.75) is 45.7 Å². The van der Waals surface area contributed by atoms with E-state index in [0.717, 1.165) is 41.8 Å². The van der Waals surface area contributed by atoms with Gasteiger partial charge in [0.15, 0.2) is 0 Å². The third kappa shape index (κ3) is 4.69. The number of likely N-dealkylation sites (tertiary alicyclic amines) is 1. The van der Waals surface area contributed by atoms with Crippen molar-refractivity contribution in [2.75, 3.05) is 6.54 Å². The van der Waals surface area contributed by atoms with Gasteiger partial charge in [0.05, 0.1) is 11.5 Å². The summed E-state index contributed by atoms with van der Waals surface area (Å²) in [7, 11) is 0.